The lowest BCUT2D eigenvalue weighted by molar-refractivity contribution is 0.668. The number of hydrogen-bond acceptors (Lipinski definition) is 4. The van der Waals surface area contributed by atoms with Gasteiger partial charge in [0.1, 0.15) is 16.7 Å². The minimum absolute atomic E-state index is 0.834. The van der Waals surface area contributed by atoms with Crippen molar-refractivity contribution < 1.29 is 8.83 Å². The molecular formula is C52H31NO2S. The van der Waals surface area contributed by atoms with E-state index in [0.29, 0.717) is 0 Å². The van der Waals surface area contributed by atoms with Gasteiger partial charge in [0.15, 0.2) is 5.58 Å². The van der Waals surface area contributed by atoms with Crippen molar-refractivity contribution in [3.05, 3.63) is 188 Å². The van der Waals surface area contributed by atoms with Crippen LogP contribution in [0.5, 0.6) is 0 Å². The maximum absolute atomic E-state index is 7.10. The van der Waals surface area contributed by atoms with Crippen molar-refractivity contribution in [1.82, 2.24) is 0 Å². The Labute approximate surface area is 325 Å². The molecule has 12 aromatic rings. The second kappa shape index (κ2) is 12.2. The van der Waals surface area contributed by atoms with Gasteiger partial charge in [-0.2, -0.15) is 0 Å². The molecule has 12 rings (SSSR count). The van der Waals surface area contributed by atoms with Gasteiger partial charge in [0.25, 0.3) is 0 Å². The summed E-state index contributed by atoms with van der Waals surface area (Å²) in [5.41, 5.74) is 11.1. The minimum atomic E-state index is 0.834. The third-order valence-electron chi connectivity index (χ3n) is 11.3. The number of hydrogen-bond donors (Lipinski definition) is 0. The smallest absolute Gasteiger partial charge is 0.159 e. The zero-order valence-electron chi connectivity index (χ0n) is 30.1. The van der Waals surface area contributed by atoms with Crippen LogP contribution in [-0.4, -0.2) is 0 Å². The Morgan fingerprint density at radius 2 is 1.05 bits per heavy atom. The van der Waals surface area contributed by atoms with Gasteiger partial charge in [-0.25, -0.2) is 0 Å². The number of thiophene rings is 1. The fraction of sp³-hybridized carbons (Fsp3) is 0. The van der Waals surface area contributed by atoms with Crippen LogP contribution in [0.25, 0.3) is 97.1 Å². The normalized spacial score (nSPS) is 11.9. The molecule has 3 aromatic heterocycles. The molecular weight excluding hydrogens is 703 g/mol. The highest BCUT2D eigenvalue weighted by atomic mass is 32.1. The van der Waals surface area contributed by atoms with Crippen LogP contribution in [0, 0.1) is 0 Å². The van der Waals surface area contributed by atoms with E-state index in [4.69, 9.17) is 8.83 Å². The Morgan fingerprint density at radius 1 is 0.393 bits per heavy atom. The van der Waals surface area contributed by atoms with Gasteiger partial charge < -0.3 is 13.7 Å². The van der Waals surface area contributed by atoms with Gasteiger partial charge in [-0.1, -0.05) is 133 Å². The Bertz CT molecular complexity index is 3480. The Morgan fingerprint density at radius 3 is 1.95 bits per heavy atom. The zero-order chi connectivity index (χ0) is 36.7. The molecule has 0 fully saturated rings. The zero-order valence-corrected chi connectivity index (χ0v) is 30.9. The summed E-state index contributed by atoms with van der Waals surface area (Å²) < 4.78 is 16.3. The molecule has 0 spiro atoms. The third-order valence-corrected chi connectivity index (χ3v) is 12.5. The van der Waals surface area contributed by atoms with Crippen molar-refractivity contribution in [3.8, 4) is 22.3 Å². The highest BCUT2D eigenvalue weighted by Crippen LogP contribution is 2.48. The largest absolute Gasteiger partial charge is 0.455 e. The maximum Gasteiger partial charge on any atom is 0.159 e. The highest BCUT2D eigenvalue weighted by molar-refractivity contribution is 7.26. The van der Waals surface area contributed by atoms with Gasteiger partial charge in [-0.3, -0.25) is 0 Å². The molecule has 3 nitrogen and oxygen atoms in total. The van der Waals surface area contributed by atoms with Crippen LogP contribution < -0.4 is 4.90 Å². The number of benzene rings is 9. The standard InChI is InChI=1S/C52H31NO2S/c1-2-12-32(13-3-1)33-24-26-35(27-25-33)53(45-21-11-18-41-38-16-6-8-22-46(38)54-50(41)45)36-28-29-39-44-30-34-14-4-5-15-37(34)49(51(44)55-47(39)31-36)43-20-10-19-42-40-17-7-9-23-48(40)56-52(42)43/h1-31H. The van der Waals surface area contributed by atoms with Gasteiger partial charge in [0.2, 0.25) is 0 Å². The summed E-state index contributed by atoms with van der Waals surface area (Å²) in [5, 5.41) is 9.31. The fourth-order valence-electron chi connectivity index (χ4n) is 8.68. The highest BCUT2D eigenvalue weighted by Gasteiger charge is 2.23. The molecule has 0 aliphatic carbocycles. The van der Waals surface area contributed by atoms with Gasteiger partial charge in [0.05, 0.1) is 11.4 Å². The summed E-state index contributed by atoms with van der Waals surface area (Å²) in [6.45, 7) is 0. The number of rotatable bonds is 5. The molecule has 0 saturated heterocycles. The maximum atomic E-state index is 7.10. The van der Waals surface area contributed by atoms with Crippen molar-refractivity contribution in [2.45, 2.75) is 0 Å². The van der Waals surface area contributed by atoms with Crippen molar-refractivity contribution in [2.75, 3.05) is 4.90 Å². The molecule has 9 aromatic carbocycles. The first-order chi connectivity index (χ1) is 27.8. The van der Waals surface area contributed by atoms with E-state index < -0.39 is 0 Å². The van der Waals surface area contributed by atoms with Crippen LogP contribution in [-0.2, 0) is 0 Å². The number of para-hydroxylation sites is 2. The number of fused-ring (bicyclic) bond motifs is 10. The molecule has 0 N–H and O–H groups in total. The van der Waals surface area contributed by atoms with Gasteiger partial charge in [-0.15, -0.1) is 11.3 Å². The fourth-order valence-corrected chi connectivity index (χ4v) is 9.90. The van der Waals surface area contributed by atoms with E-state index in [9.17, 15) is 0 Å². The lowest BCUT2D eigenvalue weighted by Gasteiger charge is -2.25. The Balaban J connectivity index is 1.10. The quantitative estimate of drug-likeness (QED) is 0.176. The molecule has 3 heterocycles. The van der Waals surface area contributed by atoms with Crippen LogP contribution in [0.3, 0.4) is 0 Å². The van der Waals surface area contributed by atoms with E-state index in [1.807, 2.05) is 23.5 Å². The third kappa shape index (κ3) is 4.70. The lowest BCUT2D eigenvalue weighted by atomic mass is 9.94. The van der Waals surface area contributed by atoms with E-state index in [1.165, 1.54) is 42.1 Å². The van der Waals surface area contributed by atoms with E-state index in [-0.39, 0.29) is 0 Å². The summed E-state index contributed by atoms with van der Waals surface area (Å²) in [6, 6.07) is 67.0. The molecule has 0 unspecified atom stereocenters. The summed E-state index contributed by atoms with van der Waals surface area (Å²) in [6.07, 6.45) is 0. The Kier molecular flexibility index (Phi) is 6.80. The van der Waals surface area contributed by atoms with Crippen LogP contribution >= 0.6 is 11.3 Å². The number of nitrogens with zero attached hydrogens (tertiary/aromatic N) is 1. The minimum Gasteiger partial charge on any atom is -0.455 e. The van der Waals surface area contributed by atoms with Gasteiger partial charge >= 0.3 is 0 Å². The Hall–Kier alpha value is -7.14. The van der Waals surface area contributed by atoms with E-state index in [1.54, 1.807) is 0 Å². The molecule has 0 atom stereocenters. The molecule has 56 heavy (non-hydrogen) atoms. The summed E-state index contributed by atoms with van der Waals surface area (Å²) in [7, 11) is 0. The molecule has 262 valence electrons. The monoisotopic (exact) mass is 733 g/mol. The van der Waals surface area contributed by atoms with E-state index >= 15 is 0 Å². The van der Waals surface area contributed by atoms with Crippen LogP contribution in [0.15, 0.2) is 197 Å². The first-order valence-corrected chi connectivity index (χ1v) is 19.7. The van der Waals surface area contributed by atoms with Crippen molar-refractivity contribution in [3.63, 3.8) is 0 Å². The predicted octanol–water partition coefficient (Wildman–Crippen LogP) is 15.8. The van der Waals surface area contributed by atoms with Crippen molar-refractivity contribution in [1.29, 1.82) is 0 Å². The summed E-state index contributed by atoms with van der Waals surface area (Å²) in [5.74, 6) is 0. The molecule has 0 bridgehead atoms. The van der Waals surface area contributed by atoms with E-state index in [0.717, 1.165) is 72.1 Å². The van der Waals surface area contributed by atoms with Gasteiger partial charge in [-0.05, 0) is 70.4 Å². The van der Waals surface area contributed by atoms with Crippen LogP contribution in [0.1, 0.15) is 0 Å². The predicted molar refractivity (Wildman–Crippen MR) is 237 cm³/mol. The molecule has 0 radical (unpaired) electrons. The number of anilines is 3. The number of furan rings is 2. The average molecular weight is 734 g/mol. The second-order valence-electron chi connectivity index (χ2n) is 14.4. The average Bonchev–Trinajstić information content (AvgIpc) is 3.95. The molecule has 0 aliphatic rings. The molecule has 0 amide bonds. The topological polar surface area (TPSA) is 29.5 Å². The first-order valence-electron chi connectivity index (χ1n) is 18.9. The summed E-state index contributed by atoms with van der Waals surface area (Å²) >= 11 is 1.85. The molecule has 4 heteroatoms. The molecule has 0 aliphatic heterocycles. The second-order valence-corrected chi connectivity index (χ2v) is 15.5. The van der Waals surface area contributed by atoms with Crippen molar-refractivity contribution >= 4 is 103 Å². The van der Waals surface area contributed by atoms with Crippen LogP contribution in [0.2, 0.25) is 0 Å². The first kappa shape index (κ1) is 31.2. The lowest BCUT2D eigenvalue weighted by Crippen LogP contribution is -2.10. The SMILES string of the molecule is c1ccc(-c2ccc(N(c3ccc4c(c3)oc3c(-c5cccc6c5sc5ccccc56)c5ccccc5cc34)c3cccc4c3oc3ccccc34)cc2)cc1. The van der Waals surface area contributed by atoms with E-state index in [2.05, 4.69) is 181 Å². The van der Waals surface area contributed by atoms with Crippen LogP contribution in [0.4, 0.5) is 17.1 Å². The molecule has 0 saturated carbocycles. The van der Waals surface area contributed by atoms with Crippen molar-refractivity contribution in [2.24, 2.45) is 0 Å². The van der Waals surface area contributed by atoms with Gasteiger partial charge in [0, 0.05) is 64.6 Å². The summed E-state index contributed by atoms with van der Waals surface area (Å²) in [4.78, 5) is 2.29.